The minimum Gasteiger partial charge on any atom is -0.497 e. The molecule has 1 aromatic heterocycles. The Hall–Kier alpha value is -1.33. The minimum atomic E-state index is 0.772. The molecule has 0 aliphatic rings. The highest BCUT2D eigenvalue weighted by Gasteiger charge is 2.04. The highest BCUT2D eigenvalue weighted by molar-refractivity contribution is 9.10. The predicted octanol–water partition coefficient (Wildman–Crippen LogP) is 2.42. The topological polar surface area (TPSA) is 39.1 Å². The van der Waals surface area contributed by atoms with Crippen LogP contribution in [0.5, 0.6) is 5.75 Å². The van der Waals surface area contributed by atoms with E-state index < -0.39 is 0 Å². The number of halogens is 1. The van der Waals surface area contributed by atoms with E-state index in [9.17, 15) is 0 Å². The lowest BCUT2D eigenvalue weighted by Gasteiger charge is -2.07. The largest absolute Gasteiger partial charge is 0.497 e. The van der Waals surface area contributed by atoms with Crippen molar-refractivity contribution in [2.75, 3.05) is 14.2 Å². The van der Waals surface area contributed by atoms with E-state index in [0.717, 1.165) is 29.0 Å². The number of hydrogen-bond acceptors (Lipinski definition) is 3. The van der Waals surface area contributed by atoms with Crippen LogP contribution >= 0.6 is 15.9 Å². The SMILES string of the molecule is CNCc1cn(Cc2cc(OC)ccc2Br)cn1. The zero-order valence-corrected chi connectivity index (χ0v) is 12.1. The normalized spacial score (nSPS) is 10.6. The molecule has 1 N–H and O–H groups in total. The van der Waals surface area contributed by atoms with Gasteiger partial charge < -0.3 is 14.6 Å². The number of benzene rings is 1. The van der Waals surface area contributed by atoms with Crippen LogP contribution in [0.25, 0.3) is 0 Å². The Morgan fingerprint density at radius 3 is 3.00 bits per heavy atom. The average molecular weight is 310 g/mol. The van der Waals surface area contributed by atoms with Crippen molar-refractivity contribution in [1.82, 2.24) is 14.9 Å². The summed E-state index contributed by atoms with van der Waals surface area (Å²) in [5.41, 5.74) is 2.21. The lowest BCUT2D eigenvalue weighted by Crippen LogP contribution is -2.05. The zero-order chi connectivity index (χ0) is 13.0. The molecule has 0 amide bonds. The van der Waals surface area contributed by atoms with Crippen molar-refractivity contribution in [3.05, 3.63) is 46.5 Å². The van der Waals surface area contributed by atoms with Gasteiger partial charge in [0.2, 0.25) is 0 Å². The van der Waals surface area contributed by atoms with Crippen LogP contribution in [-0.4, -0.2) is 23.7 Å². The van der Waals surface area contributed by atoms with Crippen LogP contribution in [0.15, 0.2) is 35.2 Å². The summed E-state index contributed by atoms with van der Waals surface area (Å²) >= 11 is 3.55. The smallest absolute Gasteiger partial charge is 0.119 e. The minimum absolute atomic E-state index is 0.772. The summed E-state index contributed by atoms with van der Waals surface area (Å²) in [5.74, 6) is 0.865. The molecule has 0 saturated heterocycles. The van der Waals surface area contributed by atoms with Gasteiger partial charge in [-0.2, -0.15) is 0 Å². The molecule has 0 spiro atoms. The Bertz CT molecular complexity index is 525. The number of nitrogens with zero attached hydrogens (tertiary/aromatic N) is 2. The Kier molecular flexibility index (Phi) is 4.38. The van der Waals surface area contributed by atoms with Gasteiger partial charge in [-0.15, -0.1) is 0 Å². The second-order valence-electron chi connectivity index (χ2n) is 4.03. The van der Waals surface area contributed by atoms with Gasteiger partial charge in [0.25, 0.3) is 0 Å². The molecule has 0 fully saturated rings. The van der Waals surface area contributed by atoms with E-state index in [1.807, 2.05) is 37.8 Å². The summed E-state index contributed by atoms with van der Waals surface area (Å²) in [7, 11) is 3.59. The molecule has 0 unspecified atom stereocenters. The fourth-order valence-corrected chi connectivity index (χ4v) is 2.13. The number of rotatable bonds is 5. The van der Waals surface area contributed by atoms with Gasteiger partial charge in [0.15, 0.2) is 0 Å². The van der Waals surface area contributed by atoms with Crippen LogP contribution in [0.4, 0.5) is 0 Å². The maximum Gasteiger partial charge on any atom is 0.119 e. The first-order chi connectivity index (χ1) is 8.72. The van der Waals surface area contributed by atoms with E-state index in [1.54, 1.807) is 7.11 Å². The van der Waals surface area contributed by atoms with E-state index in [0.29, 0.717) is 0 Å². The fraction of sp³-hybridized carbons (Fsp3) is 0.308. The zero-order valence-electron chi connectivity index (χ0n) is 10.5. The van der Waals surface area contributed by atoms with E-state index >= 15 is 0 Å². The van der Waals surface area contributed by atoms with Gasteiger partial charge in [0.1, 0.15) is 5.75 Å². The van der Waals surface area contributed by atoms with Crippen molar-refractivity contribution in [3.63, 3.8) is 0 Å². The standard InChI is InChI=1S/C13H16BrN3O/c1-15-6-11-8-17(9-16-11)7-10-5-12(18-2)3-4-13(10)14/h3-5,8-9,15H,6-7H2,1-2H3. The van der Waals surface area contributed by atoms with Gasteiger partial charge in [-0.3, -0.25) is 0 Å². The highest BCUT2D eigenvalue weighted by Crippen LogP contribution is 2.23. The van der Waals surface area contributed by atoms with Crippen LogP contribution in [-0.2, 0) is 13.1 Å². The fourth-order valence-electron chi connectivity index (χ4n) is 1.76. The van der Waals surface area contributed by atoms with Crippen molar-refractivity contribution in [1.29, 1.82) is 0 Å². The summed E-state index contributed by atoms with van der Waals surface area (Å²) in [6, 6.07) is 5.97. The molecule has 1 aromatic carbocycles. The molecule has 2 aromatic rings. The lowest BCUT2D eigenvalue weighted by molar-refractivity contribution is 0.414. The van der Waals surface area contributed by atoms with Gasteiger partial charge in [0.05, 0.1) is 19.1 Å². The van der Waals surface area contributed by atoms with E-state index in [4.69, 9.17) is 4.74 Å². The summed E-state index contributed by atoms with van der Waals surface area (Å²) in [6.07, 6.45) is 3.89. The van der Waals surface area contributed by atoms with Crippen LogP contribution in [0, 0.1) is 0 Å². The lowest BCUT2D eigenvalue weighted by atomic mass is 10.2. The van der Waals surface area contributed by atoms with Gasteiger partial charge in [-0.05, 0) is 30.8 Å². The predicted molar refractivity (Wildman–Crippen MR) is 74.8 cm³/mol. The van der Waals surface area contributed by atoms with E-state index in [-0.39, 0.29) is 0 Å². The van der Waals surface area contributed by atoms with Crippen molar-refractivity contribution in [2.45, 2.75) is 13.1 Å². The summed E-state index contributed by atoms with van der Waals surface area (Å²) in [6.45, 7) is 1.56. The molecular weight excluding hydrogens is 294 g/mol. The van der Waals surface area contributed by atoms with E-state index in [1.165, 1.54) is 5.56 Å². The Labute approximate surface area is 115 Å². The number of hydrogen-bond donors (Lipinski definition) is 1. The summed E-state index contributed by atoms with van der Waals surface area (Å²) < 4.78 is 8.37. The van der Waals surface area contributed by atoms with Crippen LogP contribution in [0.3, 0.4) is 0 Å². The molecule has 2 rings (SSSR count). The number of aromatic nitrogens is 2. The van der Waals surface area contributed by atoms with Crippen LogP contribution < -0.4 is 10.1 Å². The average Bonchev–Trinajstić information content (AvgIpc) is 2.80. The maximum atomic E-state index is 5.24. The number of imidazole rings is 1. The Morgan fingerprint density at radius 1 is 1.44 bits per heavy atom. The number of methoxy groups -OCH3 is 1. The van der Waals surface area contributed by atoms with E-state index in [2.05, 4.69) is 30.8 Å². The molecule has 4 nitrogen and oxygen atoms in total. The molecule has 0 aliphatic carbocycles. The molecule has 5 heteroatoms. The molecule has 0 bridgehead atoms. The molecule has 96 valence electrons. The highest BCUT2D eigenvalue weighted by atomic mass is 79.9. The number of ether oxygens (including phenoxy) is 1. The van der Waals surface area contributed by atoms with Crippen molar-refractivity contribution in [3.8, 4) is 5.75 Å². The monoisotopic (exact) mass is 309 g/mol. The first-order valence-electron chi connectivity index (χ1n) is 5.70. The third-order valence-electron chi connectivity index (χ3n) is 2.65. The molecular formula is C13H16BrN3O. The van der Waals surface area contributed by atoms with Gasteiger partial charge in [0, 0.05) is 23.8 Å². The van der Waals surface area contributed by atoms with Gasteiger partial charge in [-0.1, -0.05) is 15.9 Å². The molecule has 0 atom stereocenters. The van der Waals surface area contributed by atoms with Crippen molar-refractivity contribution >= 4 is 15.9 Å². The Balaban J connectivity index is 2.16. The van der Waals surface area contributed by atoms with Crippen molar-refractivity contribution in [2.24, 2.45) is 0 Å². The first-order valence-corrected chi connectivity index (χ1v) is 6.50. The second-order valence-corrected chi connectivity index (χ2v) is 4.88. The van der Waals surface area contributed by atoms with Crippen LogP contribution in [0.2, 0.25) is 0 Å². The van der Waals surface area contributed by atoms with Crippen molar-refractivity contribution < 1.29 is 4.74 Å². The third-order valence-corrected chi connectivity index (χ3v) is 3.42. The first kappa shape index (κ1) is 13.1. The summed E-state index contributed by atoms with van der Waals surface area (Å²) in [5, 5.41) is 3.09. The third kappa shape index (κ3) is 3.11. The maximum absolute atomic E-state index is 5.24. The molecule has 1 heterocycles. The van der Waals surface area contributed by atoms with Gasteiger partial charge in [-0.25, -0.2) is 4.98 Å². The molecule has 0 radical (unpaired) electrons. The molecule has 18 heavy (non-hydrogen) atoms. The second kappa shape index (κ2) is 6.02. The number of nitrogens with one attached hydrogen (secondary N) is 1. The molecule has 0 saturated carbocycles. The molecule has 0 aliphatic heterocycles. The van der Waals surface area contributed by atoms with Crippen LogP contribution in [0.1, 0.15) is 11.3 Å². The Morgan fingerprint density at radius 2 is 2.28 bits per heavy atom. The quantitative estimate of drug-likeness (QED) is 0.922. The van der Waals surface area contributed by atoms with Gasteiger partial charge >= 0.3 is 0 Å². The summed E-state index contributed by atoms with van der Waals surface area (Å²) in [4.78, 5) is 4.33.